The van der Waals surface area contributed by atoms with Crippen molar-refractivity contribution in [2.24, 2.45) is 0 Å². The quantitative estimate of drug-likeness (QED) is 0.118. The van der Waals surface area contributed by atoms with Gasteiger partial charge in [-0.1, -0.05) is 67.6 Å². The number of carbonyl (C=O) groups excluding carboxylic acids is 2. The van der Waals surface area contributed by atoms with Gasteiger partial charge in [-0.2, -0.15) is 23.1 Å². The Morgan fingerprint density at radius 1 is 0.944 bits per heavy atom. The van der Waals surface area contributed by atoms with Crippen molar-refractivity contribution in [2.45, 2.75) is 75.5 Å². The average Bonchev–Trinajstić information content (AvgIpc) is 3.87. The van der Waals surface area contributed by atoms with E-state index in [1.807, 2.05) is 48.2 Å². The number of nitrogens with one attached hydrogen (secondary N) is 4. The van der Waals surface area contributed by atoms with Gasteiger partial charge < -0.3 is 46.1 Å². The SMILES string of the molecule is CCNC(=O)N[C@@H]1CCN(c2nc(NCC(c3ccccc3)c3ccccc3)c3ncn([C@@H]4C[C@H](NC(=O)CC)[C@@H](O)[C@H]4O)c3n2)C1.O=C(O)C(F)(F)F. The third-order valence-corrected chi connectivity index (χ3v) is 9.35. The van der Waals surface area contributed by atoms with Gasteiger partial charge in [-0.3, -0.25) is 4.79 Å². The van der Waals surface area contributed by atoms with E-state index in [1.54, 1.807) is 17.8 Å². The van der Waals surface area contributed by atoms with Crippen LogP contribution in [0.25, 0.3) is 11.2 Å². The number of amides is 3. The Hall–Kier alpha value is -5.49. The van der Waals surface area contributed by atoms with Crippen LogP contribution in [0.4, 0.5) is 29.7 Å². The van der Waals surface area contributed by atoms with Gasteiger partial charge in [0.2, 0.25) is 11.9 Å². The standard InChI is InChI=1S/C34H43N9O4.C2HF3O2/c1-3-27(44)39-25-17-26(30(46)29(25)45)43-20-37-28-31(36-18-24(21-11-7-5-8-12-21)22-13-9-6-10-14-22)40-33(41-32(28)43)42-16-15-23(19-42)38-34(47)35-4-2;3-2(4,5)1(6)7/h5-14,20,23-26,29-30,45-46H,3-4,15-19H2,1-2H3,(H,39,44)(H2,35,38,47)(H,36,40,41);(H,6,7)/t23-,25+,26-,29-,30+;/m1./s1. The summed E-state index contributed by atoms with van der Waals surface area (Å²) in [7, 11) is 0. The zero-order chi connectivity index (χ0) is 39.0. The zero-order valence-electron chi connectivity index (χ0n) is 29.7. The number of aliphatic hydroxyl groups is 2. The first-order valence-corrected chi connectivity index (χ1v) is 17.6. The molecule has 6 rings (SSSR count). The molecule has 5 atom stereocenters. The first kappa shape index (κ1) is 39.7. The summed E-state index contributed by atoms with van der Waals surface area (Å²) in [6.45, 7) is 5.87. The number of carboxylic acid groups (broad SMARTS) is 1. The van der Waals surface area contributed by atoms with Crippen LogP contribution in [0.1, 0.15) is 56.2 Å². The summed E-state index contributed by atoms with van der Waals surface area (Å²) in [6, 6.07) is 19.1. The van der Waals surface area contributed by atoms with E-state index >= 15 is 0 Å². The lowest BCUT2D eigenvalue weighted by Gasteiger charge is -2.22. The molecule has 54 heavy (non-hydrogen) atoms. The van der Waals surface area contributed by atoms with Gasteiger partial charge >= 0.3 is 18.2 Å². The predicted molar refractivity (Wildman–Crippen MR) is 193 cm³/mol. The smallest absolute Gasteiger partial charge is 0.475 e. The van der Waals surface area contributed by atoms with Crippen molar-refractivity contribution in [2.75, 3.05) is 36.4 Å². The Morgan fingerprint density at radius 3 is 2.15 bits per heavy atom. The second-order valence-electron chi connectivity index (χ2n) is 13.0. The van der Waals surface area contributed by atoms with Crippen LogP contribution in [0.3, 0.4) is 0 Å². The van der Waals surface area contributed by atoms with E-state index < -0.39 is 36.4 Å². The van der Waals surface area contributed by atoms with Crippen molar-refractivity contribution in [1.82, 2.24) is 35.5 Å². The fourth-order valence-corrected chi connectivity index (χ4v) is 6.60. The van der Waals surface area contributed by atoms with E-state index in [4.69, 9.17) is 24.9 Å². The summed E-state index contributed by atoms with van der Waals surface area (Å²) >= 11 is 0. The van der Waals surface area contributed by atoms with Crippen LogP contribution in [0.2, 0.25) is 0 Å². The number of nitrogens with zero attached hydrogens (tertiary/aromatic N) is 5. The van der Waals surface area contributed by atoms with Crippen LogP contribution in [-0.4, -0.2) is 109 Å². The molecule has 1 saturated heterocycles. The molecule has 0 unspecified atom stereocenters. The van der Waals surface area contributed by atoms with Crippen molar-refractivity contribution < 1.29 is 42.9 Å². The van der Waals surface area contributed by atoms with E-state index in [0.717, 1.165) is 17.5 Å². The Labute approximate surface area is 309 Å². The molecule has 2 aromatic heterocycles. The molecule has 2 aromatic carbocycles. The number of halogens is 3. The molecule has 3 heterocycles. The van der Waals surface area contributed by atoms with E-state index in [9.17, 15) is 33.0 Å². The van der Waals surface area contributed by atoms with E-state index in [-0.39, 0.29) is 30.3 Å². The summed E-state index contributed by atoms with van der Waals surface area (Å²) in [4.78, 5) is 49.9. The molecule has 3 amide bonds. The molecular weight excluding hydrogens is 711 g/mol. The lowest BCUT2D eigenvalue weighted by atomic mass is 9.91. The zero-order valence-corrected chi connectivity index (χ0v) is 29.7. The van der Waals surface area contributed by atoms with Crippen LogP contribution in [0, 0.1) is 0 Å². The van der Waals surface area contributed by atoms with Gasteiger partial charge in [-0.15, -0.1) is 0 Å². The number of aliphatic carboxylic acids is 1. The fourth-order valence-electron chi connectivity index (χ4n) is 6.60. The van der Waals surface area contributed by atoms with Gasteiger partial charge in [-0.05, 0) is 30.9 Å². The number of aliphatic hydroxyl groups excluding tert-OH is 2. The Bertz CT molecular complexity index is 1840. The molecule has 2 aliphatic rings. The molecule has 4 aromatic rings. The number of alkyl halides is 3. The van der Waals surface area contributed by atoms with Crippen molar-refractivity contribution in [1.29, 1.82) is 0 Å². The molecule has 0 radical (unpaired) electrons. The third kappa shape index (κ3) is 9.54. The molecule has 0 spiro atoms. The van der Waals surface area contributed by atoms with Crippen molar-refractivity contribution in [3.63, 3.8) is 0 Å². The number of rotatable bonds is 11. The number of hydrogen-bond donors (Lipinski definition) is 7. The average molecular weight is 756 g/mol. The van der Waals surface area contributed by atoms with Gasteiger partial charge in [0.05, 0.1) is 18.4 Å². The number of hydrogen-bond acceptors (Lipinski definition) is 10. The summed E-state index contributed by atoms with van der Waals surface area (Å²) in [5, 5.41) is 41.3. The maximum absolute atomic E-state index is 12.2. The monoisotopic (exact) mass is 755 g/mol. The summed E-state index contributed by atoms with van der Waals surface area (Å²) in [6.07, 6.45) is -4.41. The topological polar surface area (TPSA) is 207 Å². The fraction of sp³-hybridized carbons (Fsp3) is 0.444. The molecule has 1 saturated carbocycles. The highest BCUT2D eigenvalue weighted by molar-refractivity contribution is 5.85. The van der Waals surface area contributed by atoms with Crippen LogP contribution < -0.4 is 26.2 Å². The minimum Gasteiger partial charge on any atom is -0.475 e. The van der Waals surface area contributed by atoms with Crippen molar-refractivity contribution in [3.05, 3.63) is 78.1 Å². The minimum atomic E-state index is -5.08. The summed E-state index contributed by atoms with van der Waals surface area (Å²) in [5.41, 5.74) is 3.36. The third-order valence-electron chi connectivity index (χ3n) is 9.35. The lowest BCUT2D eigenvalue weighted by Crippen LogP contribution is -2.43. The van der Waals surface area contributed by atoms with E-state index in [2.05, 4.69) is 45.5 Å². The largest absolute Gasteiger partial charge is 0.490 e. The van der Waals surface area contributed by atoms with Gasteiger partial charge in [-0.25, -0.2) is 14.6 Å². The molecule has 290 valence electrons. The van der Waals surface area contributed by atoms with Crippen LogP contribution in [0.15, 0.2) is 67.0 Å². The number of carbonyl (C=O) groups is 3. The van der Waals surface area contributed by atoms with Crippen LogP contribution >= 0.6 is 0 Å². The number of carboxylic acids is 1. The maximum atomic E-state index is 12.2. The number of imidazole rings is 1. The number of anilines is 2. The predicted octanol–water partition coefficient (Wildman–Crippen LogP) is 3.16. The number of benzene rings is 2. The molecular formula is C36H44F3N9O6. The highest BCUT2D eigenvalue weighted by Gasteiger charge is 2.44. The van der Waals surface area contributed by atoms with E-state index in [0.29, 0.717) is 55.5 Å². The van der Waals surface area contributed by atoms with Crippen molar-refractivity contribution in [3.8, 4) is 0 Å². The summed E-state index contributed by atoms with van der Waals surface area (Å²) < 4.78 is 33.5. The van der Waals surface area contributed by atoms with Gasteiger partial charge in [0.1, 0.15) is 12.2 Å². The van der Waals surface area contributed by atoms with Gasteiger partial charge in [0, 0.05) is 44.6 Å². The lowest BCUT2D eigenvalue weighted by molar-refractivity contribution is -0.192. The normalized spacial score (nSPS) is 21.0. The number of urea groups is 1. The highest BCUT2D eigenvalue weighted by atomic mass is 19.4. The highest BCUT2D eigenvalue weighted by Crippen LogP contribution is 2.35. The molecule has 2 fully saturated rings. The number of aromatic nitrogens is 4. The first-order chi connectivity index (χ1) is 25.8. The molecule has 7 N–H and O–H groups in total. The first-order valence-electron chi connectivity index (χ1n) is 17.6. The number of fused-ring (bicyclic) bond motifs is 1. The maximum Gasteiger partial charge on any atom is 0.490 e. The Morgan fingerprint density at radius 2 is 1.57 bits per heavy atom. The second-order valence-corrected chi connectivity index (χ2v) is 13.0. The molecule has 18 heteroatoms. The second kappa shape index (κ2) is 17.6. The van der Waals surface area contributed by atoms with Crippen LogP contribution in [0.5, 0.6) is 0 Å². The molecule has 0 bridgehead atoms. The van der Waals surface area contributed by atoms with Crippen molar-refractivity contribution >= 4 is 40.8 Å². The molecule has 1 aliphatic heterocycles. The Balaban J connectivity index is 0.000000730. The molecule has 15 nitrogen and oxygen atoms in total. The van der Waals surface area contributed by atoms with Crippen LogP contribution in [-0.2, 0) is 9.59 Å². The summed E-state index contributed by atoms with van der Waals surface area (Å²) in [5.74, 6) is -1.90. The molecule has 1 aliphatic carbocycles. The van der Waals surface area contributed by atoms with Gasteiger partial charge in [0.25, 0.3) is 0 Å². The van der Waals surface area contributed by atoms with E-state index in [1.165, 1.54) is 0 Å². The minimum absolute atomic E-state index is 0.0279. The Kier molecular flexibility index (Phi) is 12.9. The van der Waals surface area contributed by atoms with Gasteiger partial charge in [0.15, 0.2) is 17.0 Å².